The first kappa shape index (κ1) is 14.9. The zero-order valence-corrected chi connectivity index (χ0v) is 11.9. The fourth-order valence-electron chi connectivity index (χ4n) is 1.69. The molecular weight excluding hydrogens is 289 g/mol. The molecule has 2 rings (SSSR count). The SMILES string of the molecule is OCC1(NCC(O)COc2ccc(Cl)c(Cl)c2)CC1. The first-order valence-electron chi connectivity index (χ1n) is 6.16. The van der Waals surface area contributed by atoms with Crippen LogP contribution in [0.1, 0.15) is 12.8 Å². The highest BCUT2D eigenvalue weighted by molar-refractivity contribution is 6.42. The number of nitrogens with one attached hydrogen (secondary N) is 1. The van der Waals surface area contributed by atoms with Crippen LogP contribution in [0.2, 0.25) is 10.0 Å². The zero-order chi connectivity index (χ0) is 13.9. The van der Waals surface area contributed by atoms with Crippen LogP contribution in [0.5, 0.6) is 5.75 Å². The molecule has 1 fully saturated rings. The number of benzene rings is 1. The predicted octanol–water partition coefficient (Wildman–Crippen LogP) is 1.85. The molecule has 0 bridgehead atoms. The molecule has 1 aliphatic rings. The summed E-state index contributed by atoms with van der Waals surface area (Å²) in [6.45, 7) is 0.654. The number of hydrogen-bond donors (Lipinski definition) is 3. The minimum Gasteiger partial charge on any atom is -0.491 e. The summed E-state index contributed by atoms with van der Waals surface area (Å²) in [5.74, 6) is 0.566. The van der Waals surface area contributed by atoms with E-state index in [4.69, 9.17) is 33.0 Å². The van der Waals surface area contributed by atoms with Gasteiger partial charge in [0.05, 0.1) is 16.7 Å². The molecule has 6 heteroatoms. The van der Waals surface area contributed by atoms with Gasteiger partial charge in [0.25, 0.3) is 0 Å². The highest BCUT2D eigenvalue weighted by atomic mass is 35.5. The van der Waals surface area contributed by atoms with E-state index in [0.29, 0.717) is 22.3 Å². The molecule has 3 N–H and O–H groups in total. The molecule has 1 unspecified atom stereocenters. The van der Waals surface area contributed by atoms with Gasteiger partial charge in [-0.1, -0.05) is 23.2 Å². The van der Waals surface area contributed by atoms with Crippen LogP contribution < -0.4 is 10.1 Å². The van der Waals surface area contributed by atoms with Gasteiger partial charge < -0.3 is 20.3 Å². The van der Waals surface area contributed by atoms with E-state index in [1.54, 1.807) is 18.2 Å². The molecule has 0 heterocycles. The number of aliphatic hydroxyl groups is 2. The fourth-order valence-corrected chi connectivity index (χ4v) is 1.98. The van der Waals surface area contributed by atoms with Crippen LogP contribution >= 0.6 is 23.2 Å². The monoisotopic (exact) mass is 305 g/mol. The van der Waals surface area contributed by atoms with Crippen molar-refractivity contribution < 1.29 is 14.9 Å². The van der Waals surface area contributed by atoms with Crippen molar-refractivity contribution in [3.8, 4) is 5.75 Å². The van der Waals surface area contributed by atoms with Crippen molar-refractivity contribution in [3.05, 3.63) is 28.2 Å². The van der Waals surface area contributed by atoms with Crippen LogP contribution in [0.3, 0.4) is 0 Å². The van der Waals surface area contributed by atoms with Crippen LogP contribution in [0.15, 0.2) is 18.2 Å². The Bertz CT molecular complexity index is 438. The number of rotatable bonds is 7. The highest BCUT2D eigenvalue weighted by Crippen LogP contribution is 2.34. The van der Waals surface area contributed by atoms with Crippen molar-refractivity contribution in [3.63, 3.8) is 0 Å². The second kappa shape index (κ2) is 6.29. The Balaban J connectivity index is 1.73. The number of halogens is 2. The lowest BCUT2D eigenvalue weighted by atomic mass is 10.2. The zero-order valence-electron chi connectivity index (χ0n) is 10.4. The van der Waals surface area contributed by atoms with Gasteiger partial charge in [-0.25, -0.2) is 0 Å². The summed E-state index contributed by atoms with van der Waals surface area (Å²) < 4.78 is 5.43. The first-order valence-corrected chi connectivity index (χ1v) is 6.92. The van der Waals surface area contributed by atoms with Crippen molar-refractivity contribution in [2.45, 2.75) is 24.5 Å². The Hall–Kier alpha value is -0.520. The van der Waals surface area contributed by atoms with Gasteiger partial charge >= 0.3 is 0 Å². The first-order chi connectivity index (χ1) is 9.04. The van der Waals surface area contributed by atoms with E-state index in [1.165, 1.54) is 0 Å². The van der Waals surface area contributed by atoms with Gasteiger partial charge in [0.2, 0.25) is 0 Å². The molecule has 0 radical (unpaired) electrons. The van der Waals surface area contributed by atoms with Crippen LogP contribution in [0, 0.1) is 0 Å². The van der Waals surface area contributed by atoms with E-state index in [2.05, 4.69) is 5.32 Å². The lowest BCUT2D eigenvalue weighted by Gasteiger charge is -2.18. The van der Waals surface area contributed by atoms with Gasteiger partial charge in [0, 0.05) is 18.2 Å². The lowest BCUT2D eigenvalue weighted by molar-refractivity contribution is 0.0979. The molecule has 1 aliphatic carbocycles. The average Bonchev–Trinajstić information content (AvgIpc) is 3.18. The summed E-state index contributed by atoms with van der Waals surface area (Å²) in [4.78, 5) is 0. The van der Waals surface area contributed by atoms with E-state index in [-0.39, 0.29) is 18.8 Å². The molecule has 106 valence electrons. The minimum atomic E-state index is -0.640. The second-order valence-corrected chi connectivity index (χ2v) is 5.67. The summed E-state index contributed by atoms with van der Waals surface area (Å²) in [6, 6.07) is 4.96. The Kier molecular flexibility index (Phi) is 4.92. The summed E-state index contributed by atoms with van der Waals surface area (Å²) in [7, 11) is 0. The number of hydrogen-bond acceptors (Lipinski definition) is 4. The maximum absolute atomic E-state index is 9.79. The molecule has 0 aromatic heterocycles. The predicted molar refractivity (Wildman–Crippen MR) is 75.0 cm³/mol. The molecule has 0 saturated heterocycles. The number of β-amino-alcohol motifs (C(OH)–C–C–N with tert-alkyl or cyclic N) is 1. The van der Waals surface area contributed by atoms with Gasteiger partial charge in [-0.3, -0.25) is 0 Å². The molecule has 4 nitrogen and oxygen atoms in total. The lowest BCUT2D eigenvalue weighted by Crippen LogP contribution is -2.41. The molecule has 0 spiro atoms. The van der Waals surface area contributed by atoms with Crippen molar-refractivity contribution in [1.29, 1.82) is 0 Å². The summed E-state index contributed by atoms with van der Waals surface area (Å²) >= 11 is 11.7. The highest BCUT2D eigenvalue weighted by Gasteiger charge is 2.41. The van der Waals surface area contributed by atoms with Crippen LogP contribution in [0.4, 0.5) is 0 Å². The van der Waals surface area contributed by atoms with Crippen LogP contribution in [-0.2, 0) is 0 Å². The summed E-state index contributed by atoms with van der Waals surface area (Å²) in [5.41, 5.74) is -0.176. The average molecular weight is 306 g/mol. The van der Waals surface area contributed by atoms with Gasteiger partial charge in [0.1, 0.15) is 18.5 Å². The van der Waals surface area contributed by atoms with Gasteiger partial charge in [-0.2, -0.15) is 0 Å². The van der Waals surface area contributed by atoms with Crippen molar-refractivity contribution >= 4 is 23.2 Å². The van der Waals surface area contributed by atoms with Crippen LogP contribution in [0.25, 0.3) is 0 Å². The van der Waals surface area contributed by atoms with Crippen molar-refractivity contribution in [2.75, 3.05) is 19.8 Å². The molecule has 1 saturated carbocycles. The molecule has 1 atom stereocenters. The quantitative estimate of drug-likeness (QED) is 0.719. The second-order valence-electron chi connectivity index (χ2n) is 4.86. The molecule has 1 aromatic rings. The van der Waals surface area contributed by atoms with E-state index >= 15 is 0 Å². The van der Waals surface area contributed by atoms with E-state index in [0.717, 1.165) is 12.8 Å². The maximum Gasteiger partial charge on any atom is 0.121 e. The normalized spacial score (nSPS) is 18.1. The van der Waals surface area contributed by atoms with Gasteiger partial charge in [-0.15, -0.1) is 0 Å². The third-order valence-electron chi connectivity index (χ3n) is 3.20. The van der Waals surface area contributed by atoms with Crippen LogP contribution in [-0.4, -0.2) is 41.6 Å². The largest absolute Gasteiger partial charge is 0.491 e. The summed E-state index contributed by atoms with van der Waals surface area (Å²) in [5, 5.41) is 23.0. The minimum absolute atomic E-state index is 0.105. The van der Waals surface area contributed by atoms with E-state index in [9.17, 15) is 5.11 Å². The number of aliphatic hydroxyl groups excluding tert-OH is 2. The summed E-state index contributed by atoms with van der Waals surface area (Å²) in [6.07, 6.45) is 1.26. The number of ether oxygens (including phenoxy) is 1. The Morgan fingerprint density at radius 2 is 2.05 bits per heavy atom. The third kappa shape index (κ3) is 4.23. The topological polar surface area (TPSA) is 61.7 Å². The van der Waals surface area contributed by atoms with E-state index < -0.39 is 6.10 Å². The standard InChI is InChI=1S/C13H17Cl2NO3/c14-11-2-1-10(5-12(11)15)19-7-9(18)6-16-13(8-17)3-4-13/h1-2,5,9,16-18H,3-4,6-8H2. The molecule has 1 aromatic carbocycles. The molecule has 19 heavy (non-hydrogen) atoms. The molecule has 0 amide bonds. The Labute approximate surface area is 122 Å². The van der Waals surface area contributed by atoms with Crippen molar-refractivity contribution in [1.82, 2.24) is 5.32 Å². The molecule has 0 aliphatic heterocycles. The van der Waals surface area contributed by atoms with Gasteiger partial charge in [-0.05, 0) is 25.0 Å². The smallest absolute Gasteiger partial charge is 0.121 e. The van der Waals surface area contributed by atoms with E-state index in [1.807, 2.05) is 0 Å². The van der Waals surface area contributed by atoms with Crippen molar-refractivity contribution in [2.24, 2.45) is 0 Å². The Morgan fingerprint density at radius 1 is 1.32 bits per heavy atom. The van der Waals surface area contributed by atoms with Gasteiger partial charge in [0.15, 0.2) is 0 Å². The maximum atomic E-state index is 9.79. The fraction of sp³-hybridized carbons (Fsp3) is 0.538. The Morgan fingerprint density at radius 3 is 2.63 bits per heavy atom. The third-order valence-corrected chi connectivity index (χ3v) is 3.94. The molecular formula is C13H17Cl2NO3.